The van der Waals surface area contributed by atoms with Gasteiger partial charge in [-0.15, -0.1) is 0 Å². The zero-order valence-electron chi connectivity index (χ0n) is 11.0. The summed E-state index contributed by atoms with van der Waals surface area (Å²) in [7, 11) is -3.69. The topological polar surface area (TPSA) is 107 Å². The van der Waals surface area contributed by atoms with Crippen molar-refractivity contribution in [3.05, 3.63) is 18.2 Å². The second-order valence-corrected chi connectivity index (χ2v) is 7.61. The van der Waals surface area contributed by atoms with Crippen LogP contribution in [0.3, 0.4) is 0 Å². The molecule has 2 heterocycles. The van der Waals surface area contributed by atoms with Crippen LogP contribution in [0.1, 0.15) is 6.42 Å². The fourth-order valence-electron chi connectivity index (χ4n) is 3.14. The molecule has 2 aromatic rings. The fraction of sp³-hybridized carbons (Fsp3) is 0.500. The van der Waals surface area contributed by atoms with Gasteiger partial charge in [0.2, 0.25) is 10.0 Å². The van der Waals surface area contributed by atoms with Crippen LogP contribution in [0.5, 0.6) is 0 Å². The van der Waals surface area contributed by atoms with Crippen LogP contribution in [-0.4, -0.2) is 42.0 Å². The van der Waals surface area contributed by atoms with Gasteiger partial charge in [0.1, 0.15) is 15.9 Å². The molecule has 4 rings (SSSR count). The summed E-state index contributed by atoms with van der Waals surface area (Å²) in [6.07, 6.45) is 0.790. The molecule has 7 nitrogen and oxygen atoms in total. The Morgan fingerprint density at radius 2 is 2.24 bits per heavy atom. The number of sulfonamides is 1. The molecule has 0 bridgehead atoms. The Kier molecular flexibility index (Phi) is 3.02. The van der Waals surface area contributed by atoms with E-state index in [4.69, 9.17) is 10.5 Å². The van der Waals surface area contributed by atoms with Crippen molar-refractivity contribution in [1.82, 2.24) is 13.5 Å². The molecule has 1 aromatic carbocycles. The average Bonchev–Trinajstić information content (AvgIpc) is 3.11. The summed E-state index contributed by atoms with van der Waals surface area (Å²) < 4.78 is 41.6. The summed E-state index contributed by atoms with van der Waals surface area (Å²) in [4.78, 5) is 0.141. The molecule has 4 atom stereocenters. The molecular formula is C12H14N4O3S2. The van der Waals surface area contributed by atoms with E-state index in [2.05, 4.69) is 13.5 Å². The first-order chi connectivity index (χ1) is 10.1. The van der Waals surface area contributed by atoms with Gasteiger partial charge in [0, 0.05) is 18.6 Å². The monoisotopic (exact) mass is 326 g/mol. The number of hydrogen-bond acceptors (Lipinski definition) is 7. The van der Waals surface area contributed by atoms with Gasteiger partial charge in [0.15, 0.2) is 0 Å². The van der Waals surface area contributed by atoms with Crippen LogP contribution in [0.25, 0.3) is 11.0 Å². The van der Waals surface area contributed by atoms with Crippen molar-refractivity contribution in [2.75, 3.05) is 6.61 Å². The molecule has 1 saturated carbocycles. The molecule has 1 saturated heterocycles. The van der Waals surface area contributed by atoms with E-state index in [0.717, 1.165) is 18.1 Å². The lowest BCUT2D eigenvalue weighted by atomic mass is 9.73. The molecule has 1 aliphatic heterocycles. The number of fused-ring (bicyclic) bond motifs is 2. The van der Waals surface area contributed by atoms with Crippen molar-refractivity contribution in [3.8, 4) is 0 Å². The van der Waals surface area contributed by atoms with Gasteiger partial charge in [0.25, 0.3) is 0 Å². The van der Waals surface area contributed by atoms with Gasteiger partial charge >= 0.3 is 0 Å². The van der Waals surface area contributed by atoms with Crippen LogP contribution in [-0.2, 0) is 14.8 Å². The van der Waals surface area contributed by atoms with E-state index in [1.54, 1.807) is 12.1 Å². The Morgan fingerprint density at radius 3 is 3.10 bits per heavy atom. The molecular weight excluding hydrogens is 312 g/mol. The SMILES string of the molecule is NC1C2CCOC2C1NS(=O)(=O)c1cccc2nsnc12. The molecule has 4 unspecified atom stereocenters. The third-order valence-electron chi connectivity index (χ3n) is 4.28. The molecule has 21 heavy (non-hydrogen) atoms. The van der Waals surface area contributed by atoms with E-state index >= 15 is 0 Å². The number of nitrogens with zero attached hydrogens (tertiary/aromatic N) is 2. The summed E-state index contributed by atoms with van der Waals surface area (Å²) in [5.74, 6) is 0.259. The molecule has 9 heteroatoms. The minimum atomic E-state index is -3.69. The van der Waals surface area contributed by atoms with Gasteiger partial charge in [0.05, 0.1) is 23.9 Å². The number of benzene rings is 1. The third-order valence-corrected chi connectivity index (χ3v) is 6.31. The van der Waals surface area contributed by atoms with Gasteiger partial charge < -0.3 is 10.5 Å². The number of rotatable bonds is 3. The second kappa shape index (κ2) is 4.68. The van der Waals surface area contributed by atoms with Gasteiger partial charge in [-0.25, -0.2) is 13.1 Å². The number of ether oxygens (including phenoxy) is 1. The highest BCUT2D eigenvalue weighted by molar-refractivity contribution is 7.89. The highest BCUT2D eigenvalue weighted by Crippen LogP contribution is 2.38. The number of nitrogens with two attached hydrogens (primary N) is 1. The Labute approximate surface area is 125 Å². The maximum atomic E-state index is 12.6. The van der Waals surface area contributed by atoms with Crippen molar-refractivity contribution in [2.45, 2.75) is 29.5 Å². The zero-order chi connectivity index (χ0) is 14.6. The van der Waals surface area contributed by atoms with Gasteiger partial charge in [-0.2, -0.15) is 8.75 Å². The summed E-state index contributed by atoms with van der Waals surface area (Å²) in [5.41, 5.74) is 7.03. The summed E-state index contributed by atoms with van der Waals surface area (Å²) in [6, 6.07) is 4.37. The number of nitrogens with one attached hydrogen (secondary N) is 1. The highest BCUT2D eigenvalue weighted by Gasteiger charge is 2.53. The van der Waals surface area contributed by atoms with Crippen molar-refractivity contribution in [1.29, 1.82) is 0 Å². The third kappa shape index (κ3) is 2.00. The van der Waals surface area contributed by atoms with Crippen LogP contribution in [0.4, 0.5) is 0 Å². The largest absolute Gasteiger partial charge is 0.376 e. The van der Waals surface area contributed by atoms with E-state index in [-0.39, 0.29) is 29.0 Å². The molecule has 1 aliphatic carbocycles. The van der Waals surface area contributed by atoms with Gasteiger partial charge in [-0.1, -0.05) is 6.07 Å². The molecule has 0 spiro atoms. The standard InChI is InChI=1S/C12H14N4O3S2/c13-9-6-4-5-19-12(6)11(9)16-21(17,18)8-3-1-2-7-10(8)15-20-14-7/h1-3,6,9,11-12,16H,4-5,13H2. The van der Waals surface area contributed by atoms with Crippen molar-refractivity contribution < 1.29 is 13.2 Å². The van der Waals surface area contributed by atoms with Gasteiger partial charge in [-0.05, 0) is 18.6 Å². The lowest BCUT2D eigenvalue weighted by Gasteiger charge is -2.45. The minimum absolute atomic E-state index is 0.109. The normalized spacial score (nSPS) is 32.0. The molecule has 3 N–H and O–H groups in total. The van der Waals surface area contributed by atoms with Gasteiger partial charge in [-0.3, -0.25) is 0 Å². The van der Waals surface area contributed by atoms with E-state index < -0.39 is 10.0 Å². The average molecular weight is 326 g/mol. The van der Waals surface area contributed by atoms with Crippen LogP contribution in [0.2, 0.25) is 0 Å². The summed E-state index contributed by atoms with van der Waals surface area (Å²) >= 11 is 0.996. The summed E-state index contributed by atoms with van der Waals surface area (Å²) in [5, 5.41) is 0. The number of aromatic nitrogens is 2. The molecule has 112 valence electrons. The lowest BCUT2D eigenvalue weighted by Crippen LogP contribution is -2.68. The van der Waals surface area contributed by atoms with E-state index in [9.17, 15) is 8.42 Å². The molecule has 2 aliphatic rings. The molecule has 0 radical (unpaired) electrons. The Balaban J connectivity index is 1.66. The first-order valence-corrected chi connectivity index (χ1v) is 8.90. The molecule has 0 amide bonds. The van der Waals surface area contributed by atoms with Crippen LogP contribution in [0.15, 0.2) is 23.1 Å². The van der Waals surface area contributed by atoms with Crippen molar-refractivity contribution >= 4 is 32.8 Å². The first-order valence-electron chi connectivity index (χ1n) is 6.69. The number of hydrogen-bond donors (Lipinski definition) is 2. The minimum Gasteiger partial charge on any atom is -0.376 e. The summed E-state index contributed by atoms with van der Waals surface area (Å²) in [6.45, 7) is 0.646. The first kappa shape index (κ1) is 13.5. The van der Waals surface area contributed by atoms with E-state index in [1.165, 1.54) is 6.07 Å². The highest BCUT2D eigenvalue weighted by atomic mass is 32.2. The molecule has 2 fully saturated rings. The van der Waals surface area contributed by atoms with Crippen molar-refractivity contribution in [2.24, 2.45) is 11.7 Å². The maximum absolute atomic E-state index is 12.6. The Bertz CT molecular complexity index is 791. The maximum Gasteiger partial charge on any atom is 0.243 e. The van der Waals surface area contributed by atoms with E-state index in [1.807, 2.05) is 0 Å². The predicted octanol–water partition coefficient (Wildman–Crippen LogP) is 0.0842. The van der Waals surface area contributed by atoms with Crippen molar-refractivity contribution in [3.63, 3.8) is 0 Å². The fourth-order valence-corrected chi connectivity index (χ4v) is 5.18. The van der Waals surface area contributed by atoms with Crippen LogP contribution in [0, 0.1) is 5.92 Å². The Hall–Kier alpha value is -1.13. The molecule has 1 aromatic heterocycles. The lowest BCUT2D eigenvalue weighted by molar-refractivity contribution is -0.00923. The van der Waals surface area contributed by atoms with Crippen LogP contribution >= 0.6 is 11.7 Å². The van der Waals surface area contributed by atoms with E-state index in [0.29, 0.717) is 17.6 Å². The Morgan fingerprint density at radius 1 is 1.38 bits per heavy atom. The zero-order valence-corrected chi connectivity index (χ0v) is 12.6. The second-order valence-electron chi connectivity index (χ2n) is 5.40. The smallest absolute Gasteiger partial charge is 0.243 e. The predicted molar refractivity (Wildman–Crippen MR) is 77.3 cm³/mol. The quantitative estimate of drug-likeness (QED) is 0.827. The van der Waals surface area contributed by atoms with Crippen LogP contribution < -0.4 is 10.5 Å².